The maximum Gasteiger partial charge on any atom is 0.259 e. The van der Waals surface area contributed by atoms with Crippen LogP contribution in [0, 0.1) is 19.7 Å². The van der Waals surface area contributed by atoms with Gasteiger partial charge in [0.05, 0.1) is 6.20 Å². The molecule has 4 aromatic rings. The largest absolute Gasteiger partial charge is 0.338 e. The van der Waals surface area contributed by atoms with Gasteiger partial charge < -0.3 is 4.90 Å². The van der Waals surface area contributed by atoms with Gasteiger partial charge in [-0.15, -0.1) is 0 Å². The van der Waals surface area contributed by atoms with Crippen LogP contribution in [0.5, 0.6) is 0 Å². The number of amides is 1. The summed E-state index contributed by atoms with van der Waals surface area (Å²) < 4.78 is 15.0. The minimum atomic E-state index is -0.251. The van der Waals surface area contributed by atoms with Crippen LogP contribution in [0.15, 0.2) is 55.0 Å². The van der Waals surface area contributed by atoms with Crippen molar-refractivity contribution in [2.24, 2.45) is 0 Å². The van der Waals surface area contributed by atoms with Crippen molar-refractivity contribution >= 4 is 11.6 Å². The molecule has 0 N–H and O–H groups in total. The molecule has 32 heavy (non-hydrogen) atoms. The molecule has 7 heteroatoms. The fourth-order valence-electron chi connectivity index (χ4n) is 4.40. The number of aryl methyl sites for hydroxylation is 2. The summed E-state index contributed by atoms with van der Waals surface area (Å²) in [7, 11) is 0. The standard InChI is InChI=1S/C25H24FN5O/c1-16-12-27-24-22(13-28-31(24)14-16)25(32)30-9-3-4-19(15-30)23-11-20(10-17(2)29-23)18-5-7-21(26)8-6-18/h5-8,10-14,19H,3-4,9,15H2,1-2H3. The average molecular weight is 429 g/mol. The molecule has 3 aromatic heterocycles. The van der Waals surface area contributed by atoms with Crippen molar-refractivity contribution in [1.29, 1.82) is 0 Å². The Kier molecular flexibility index (Phi) is 5.17. The second kappa shape index (κ2) is 8.15. The molecular formula is C25H24FN5O. The average Bonchev–Trinajstić information content (AvgIpc) is 3.21. The minimum absolute atomic E-state index is 0.0486. The molecule has 1 aliphatic rings. The molecule has 0 bridgehead atoms. The molecule has 0 aliphatic carbocycles. The zero-order chi connectivity index (χ0) is 22.2. The number of carbonyl (C=O) groups is 1. The summed E-state index contributed by atoms with van der Waals surface area (Å²) in [6, 6.07) is 10.6. The smallest absolute Gasteiger partial charge is 0.259 e. The van der Waals surface area contributed by atoms with E-state index in [9.17, 15) is 9.18 Å². The van der Waals surface area contributed by atoms with E-state index in [1.165, 1.54) is 12.1 Å². The molecule has 162 valence electrons. The highest BCUT2D eigenvalue weighted by Crippen LogP contribution is 2.30. The van der Waals surface area contributed by atoms with Crippen LogP contribution < -0.4 is 0 Å². The molecule has 4 heterocycles. The predicted molar refractivity (Wildman–Crippen MR) is 120 cm³/mol. The monoisotopic (exact) mass is 429 g/mol. The molecule has 1 aromatic carbocycles. The predicted octanol–water partition coefficient (Wildman–Crippen LogP) is 4.57. The zero-order valence-corrected chi connectivity index (χ0v) is 18.1. The fraction of sp³-hybridized carbons (Fsp3) is 0.280. The third-order valence-electron chi connectivity index (χ3n) is 5.99. The lowest BCUT2D eigenvalue weighted by Gasteiger charge is -2.32. The number of hydrogen-bond donors (Lipinski definition) is 0. The van der Waals surface area contributed by atoms with Crippen molar-refractivity contribution in [2.45, 2.75) is 32.6 Å². The lowest BCUT2D eigenvalue weighted by atomic mass is 9.92. The van der Waals surface area contributed by atoms with Crippen molar-refractivity contribution in [2.75, 3.05) is 13.1 Å². The lowest BCUT2D eigenvalue weighted by Crippen LogP contribution is -2.39. The van der Waals surface area contributed by atoms with Crippen molar-refractivity contribution in [3.8, 4) is 11.1 Å². The van der Waals surface area contributed by atoms with Gasteiger partial charge in [0.25, 0.3) is 5.91 Å². The third kappa shape index (κ3) is 3.86. The number of halogens is 1. The Labute approximate surface area is 185 Å². The fourth-order valence-corrected chi connectivity index (χ4v) is 4.40. The van der Waals surface area contributed by atoms with Crippen LogP contribution >= 0.6 is 0 Å². The second-order valence-corrected chi connectivity index (χ2v) is 8.48. The summed E-state index contributed by atoms with van der Waals surface area (Å²) in [4.78, 5) is 24.4. The lowest BCUT2D eigenvalue weighted by molar-refractivity contribution is 0.0707. The van der Waals surface area contributed by atoms with E-state index < -0.39 is 0 Å². The Morgan fingerprint density at radius 3 is 2.72 bits per heavy atom. The van der Waals surface area contributed by atoms with Crippen molar-refractivity contribution in [3.63, 3.8) is 0 Å². The Morgan fingerprint density at radius 1 is 1.09 bits per heavy atom. The maximum atomic E-state index is 13.3. The topological polar surface area (TPSA) is 63.4 Å². The number of rotatable bonds is 3. The van der Waals surface area contributed by atoms with E-state index in [0.717, 1.165) is 40.9 Å². The third-order valence-corrected chi connectivity index (χ3v) is 5.99. The summed E-state index contributed by atoms with van der Waals surface area (Å²) in [5, 5.41) is 4.30. The highest BCUT2D eigenvalue weighted by atomic mass is 19.1. The van der Waals surface area contributed by atoms with Gasteiger partial charge in [0.1, 0.15) is 11.4 Å². The first kappa shape index (κ1) is 20.3. The normalized spacial score (nSPS) is 16.5. The van der Waals surface area contributed by atoms with Crippen molar-refractivity contribution in [3.05, 3.63) is 83.3 Å². The van der Waals surface area contributed by atoms with Gasteiger partial charge >= 0.3 is 0 Å². The summed E-state index contributed by atoms with van der Waals surface area (Å²) in [5.74, 6) is -0.158. The highest BCUT2D eigenvalue weighted by Gasteiger charge is 2.28. The van der Waals surface area contributed by atoms with Crippen LogP contribution in [0.25, 0.3) is 16.8 Å². The number of pyridine rings is 1. The van der Waals surface area contributed by atoms with Crippen LogP contribution in [0.1, 0.15) is 46.1 Å². The maximum absolute atomic E-state index is 13.3. The number of fused-ring (bicyclic) bond motifs is 1. The van der Waals surface area contributed by atoms with Crippen LogP contribution in [0.2, 0.25) is 0 Å². The van der Waals surface area contributed by atoms with E-state index in [2.05, 4.69) is 16.1 Å². The zero-order valence-electron chi connectivity index (χ0n) is 18.1. The summed E-state index contributed by atoms with van der Waals surface area (Å²) in [6.45, 7) is 5.21. The SMILES string of the molecule is Cc1cnc2c(C(=O)N3CCCC(c4cc(-c5ccc(F)cc5)cc(C)n4)C3)cnn2c1. The Bertz CT molecular complexity index is 1300. The van der Waals surface area contributed by atoms with Crippen LogP contribution in [-0.2, 0) is 0 Å². The Balaban J connectivity index is 1.41. The minimum Gasteiger partial charge on any atom is -0.338 e. The first-order chi connectivity index (χ1) is 15.5. The van der Waals surface area contributed by atoms with Gasteiger partial charge in [-0.2, -0.15) is 5.10 Å². The van der Waals surface area contributed by atoms with Crippen molar-refractivity contribution < 1.29 is 9.18 Å². The number of piperidine rings is 1. The van der Waals surface area contributed by atoms with E-state index >= 15 is 0 Å². The Hall–Kier alpha value is -3.61. The van der Waals surface area contributed by atoms with Crippen molar-refractivity contribution in [1.82, 2.24) is 24.5 Å². The molecule has 1 unspecified atom stereocenters. The molecule has 0 saturated carbocycles. The number of carbonyl (C=O) groups excluding carboxylic acids is 1. The van der Waals surface area contributed by atoms with Crippen LogP contribution in [0.3, 0.4) is 0 Å². The van der Waals surface area contributed by atoms with Gasteiger partial charge in [0.2, 0.25) is 0 Å². The molecule has 1 aliphatic heterocycles. The van der Waals surface area contributed by atoms with Gasteiger partial charge in [-0.1, -0.05) is 12.1 Å². The summed E-state index contributed by atoms with van der Waals surface area (Å²) >= 11 is 0. The van der Waals surface area contributed by atoms with E-state index in [4.69, 9.17) is 4.98 Å². The van der Waals surface area contributed by atoms with Gasteiger partial charge in [-0.3, -0.25) is 9.78 Å². The number of likely N-dealkylation sites (tertiary alicyclic amines) is 1. The molecular weight excluding hydrogens is 405 g/mol. The summed E-state index contributed by atoms with van der Waals surface area (Å²) in [6.07, 6.45) is 7.09. The van der Waals surface area contributed by atoms with Crippen LogP contribution in [0.4, 0.5) is 4.39 Å². The number of hydrogen-bond acceptors (Lipinski definition) is 4. The van der Waals surface area contributed by atoms with E-state index in [0.29, 0.717) is 24.3 Å². The molecule has 0 radical (unpaired) electrons. The summed E-state index contributed by atoms with van der Waals surface area (Å²) in [5.41, 5.74) is 5.93. The Morgan fingerprint density at radius 2 is 1.91 bits per heavy atom. The van der Waals surface area contributed by atoms with E-state index in [-0.39, 0.29) is 17.6 Å². The number of aromatic nitrogens is 4. The number of nitrogens with zero attached hydrogens (tertiary/aromatic N) is 5. The van der Waals surface area contributed by atoms with Gasteiger partial charge in [0.15, 0.2) is 5.65 Å². The molecule has 1 atom stereocenters. The molecule has 5 rings (SSSR count). The first-order valence-electron chi connectivity index (χ1n) is 10.8. The quantitative estimate of drug-likeness (QED) is 0.479. The van der Waals surface area contributed by atoms with Gasteiger partial charge in [-0.05, 0) is 67.6 Å². The molecule has 6 nitrogen and oxygen atoms in total. The highest BCUT2D eigenvalue weighted by molar-refractivity contribution is 5.99. The molecule has 0 spiro atoms. The first-order valence-corrected chi connectivity index (χ1v) is 10.8. The number of benzene rings is 1. The van der Waals surface area contributed by atoms with Gasteiger partial charge in [0, 0.05) is 42.8 Å². The second-order valence-electron chi connectivity index (χ2n) is 8.48. The molecule has 1 fully saturated rings. The molecule has 1 amide bonds. The van der Waals surface area contributed by atoms with Crippen LogP contribution in [-0.4, -0.2) is 43.5 Å². The van der Waals surface area contributed by atoms with E-state index in [1.54, 1.807) is 29.0 Å². The van der Waals surface area contributed by atoms with E-state index in [1.807, 2.05) is 31.0 Å². The van der Waals surface area contributed by atoms with Gasteiger partial charge in [-0.25, -0.2) is 13.9 Å². The molecule has 1 saturated heterocycles.